The lowest BCUT2D eigenvalue weighted by atomic mass is 10.2. The zero-order chi connectivity index (χ0) is 11.3. The quantitative estimate of drug-likeness (QED) is 0.635. The Labute approximate surface area is 99.0 Å². The number of aliphatic hydroxyl groups excluding tert-OH is 1. The van der Waals surface area contributed by atoms with E-state index in [1.807, 2.05) is 13.2 Å². The van der Waals surface area contributed by atoms with Crippen LogP contribution in [0.3, 0.4) is 0 Å². The van der Waals surface area contributed by atoms with E-state index < -0.39 is 0 Å². The summed E-state index contributed by atoms with van der Waals surface area (Å²) in [5.74, 6) is 1.72. The molecule has 15 heavy (non-hydrogen) atoms. The summed E-state index contributed by atoms with van der Waals surface area (Å²) < 4.78 is 0. The third-order valence-electron chi connectivity index (χ3n) is 2.44. The van der Waals surface area contributed by atoms with Crippen molar-refractivity contribution in [3.8, 4) is 0 Å². The van der Waals surface area contributed by atoms with Gasteiger partial charge in [0.25, 0.3) is 0 Å². The molecule has 0 spiro atoms. The van der Waals surface area contributed by atoms with E-state index in [4.69, 9.17) is 5.11 Å². The van der Waals surface area contributed by atoms with Gasteiger partial charge in [0.2, 0.25) is 5.91 Å². The smallest absolute Gasteiger partial charge is 0.238 e. The van der Waals surface area contributed by atoms with Crippen molar-refractivity contribution in [2.45, 2.75) is 24.3 Å². The second-order valence-electron chi connectivity index (χ2n) is 3.53. The van der Waals surface area contributed by atoms with Crippen molar-refractivity contribution in [3.05, 3.63) is 0 Å². The third kappa shape index (κ3) is 3.86. The van der Waals surface area contributed by atoms with Crippen LogP contribution in [-0.2, 0) is 4.79 Å². The van der Waals surface area contributed by atoms with Crippen LogP contribution in [0.5, 0.6) is 0 Å². The van der Waals surface area contributed by atoms with Gasteiger partial charge in [-0.3, -0.25) is 10.1 Å². The number of hydrogen-bond donors (Lipinski definition) is 3. The summed E-state index contributed by atoms with van der Waals surface area (Å²) in [6.45, 7) is 2.02. The van der Waals surface area contributed by atoms with Gasteiger partial charge in [-0.25, -0.2) is 0 Å². The average molecular weight is 250 g/mol. The van der Waals surface area contributed by atoms with Crippen LogP contribution in [0.25, 0.3) is 0 Å². The van der Waals surface area contributed by atoms with Gasteiger partial charge in [-0.1, -0.05) is 0 Å². The fraction of sp³-hybridized carbons (Fsp3) is 0.889. The number of carbonyl (C=O) groups excluding carboxylic acids is 1. The molecule has 3 N–H and O–H groups in total. The number of carbonyl (C=O) groups is 1. The maximum absolute atomic E-state index is 11.7. The maximum Gasteiger partial charge on any atom is 0.238 e. The van der Waals surface area contributed by atoms with E-state index >= 15 is 0 Å². The highest BCUT2D eigenvalue weighted by atomic mass is 32.2. The van der Waals surface area contributed by atoms with E-state index in [-0.39, 0.29) is 29.8 Å². The Morgan fingerprint density at radius 1 is 1.80 bits per heavy atom. The van der Waals surface area contributed by atoms with Crippen molar-refractivity contribution in [1.82, 2.24) is 10.6 Å². The van der Waals surface area contributed by atoms with Crippen molar-refractivity contribution in [2.75, 3.05) is 24.5 Å². The first-order valence-corrected chi connectivity index (χ1v) is 7.38. The van der Waals surface area contributed by atoms with Gasteiger partial charge in [0.1, 0.15) is 0 Å². The fourth-order valence-electron chi connectivity index (χ4n) is 1.42. The average Bonchev–Trinajstić information content (AvgIpc) is 2.72. The normalized spacial score (nSPS) is 24.9. The SMILES string of the molecule is CSC(CO)C(C)NC(=O)C1CSCN1. The van der Waals surface area contributed by atoms with Gasteiger partial charge in [-0.05, 0) is 13.2 Å². The molecule has 1 saturated heterocycles. The molecular formula is C9H18N2O2S2. The molecular weight excluding hydrogens is 232 g/mol. The number of hydrogen-bond acceptors (Lipinski definition) is 5. The van der Waals surface area contributed by atoms with Crippen molar-refractivity contribution < 1.29 is 9.90 Å². The second kappa shape index (κ2) is 6.62. The highest BCUT2D eigenvalue weighted by molar-refractivity contribution is 7.99. The van der Waals surface area contributed by atoms with Gasteiger partial charge in [-0.2, -0.15) is 11.8 Å². The predicted octanol–water partition coefficient (Wildman–Crippen LogP) is -0.123. The zero-order valence-corrected chi connectivity index (χ0v) is 10.7. The standard InChI is InChI=1S/C9H18N2O2S2/c1-6(8(3-12)14-2)11-9(13)7-4-15-5-10-7/h6-8,10,12H,3-5H2,1-2H3,(H,11,13). The minimum Gasteiger partial charge on any atom is -0.395 e. The van der Waals surface area contributed by atoms with Crippen molar-refractivity contribution in [2.24, 2.45) is 0 Å². The molecule has 0 aromatic carbocycles. The van der Waals surface area contributed by atoms with Gasteiger partial charge in [0.05, 0.1) is 12.6 Å². The van der Waals surface area contributed by atoms with E-state index in [1.165, 1.54) is 0 Å². The van der Waals surface area contributed by atoms with Crippen molar-refractivity contribution >= 4 is 29.4 Å². The van der Waals surface area contributed by atoms with Crippen LogP contribution < -0.4 is 10.6 Å². The summed E-state index contributed by atoms with van der Waals surface area (Å²) in [6, 6.07) is -0.0662. The van der Waals surface area contributed by atoms with Crippen molar-refractivity contribution in [1.29, 1.82) is 0 Å². The molecule has 88 valence electrons. The lowest BCUT2D eigenvalue weighted by Crippen LogP contribution is -2.49. The highest BCUT2D eigenvalue weighted by Crippen LogP contribution is 2.12. The Hall–Kier alpha value is 0.0900. The molecule has 0 radical (unpaired) electrons. The summed E-state index contributed by atoms with van der Waals surface area (Å²) >= 11 is 3.30. The second-order valence-corrected chi connectivity index (χ2v) is 5.63. The first-order valence-electron chi connectivity index (χ1n) is 4.94. The molecule has 0 bridgehead atoms. The molecule has 1 rings (SSSR count). The van der Waals surface area contributed by atoms with Crippen LogP contribution in [0.1, 0.15) is 6.92 Å². The van der Waals surface area contributed by atoms with Gasteiger partial charge < -0.3 is 10.4 Å². The minimum absolute atomic E-state index is 0.00454. The molecule has 0 aromatic rings. The molecule has 3 unspecified atom stereocenters. The zero-order valence-electron chi connectivity index (χ0n) is 9.03. The lowest BCUT2D eigenvalue weighted by molar-refractivity contribution is -0.123. The van der Waals surface area contributed by atoms with E-state index in [1.54, 1.807) is 23.5 Å². The minimum atomic E-state index is -0.0707. The van der Waals surface area contributed by atoms with E-state index in [0.29, 0.717) is 0 Å². The molecule has 0 aliphatic carbocycles. The molecule has 3 atom stereocenters. The number of rotatable bonds is 5. The van der Waals surface area contributed by atoms with Crippen LogP contribution >= 0.6 is 23.5 Å². The number of aliphatic hydroxyl groups is 1. The topological polar surface area (TPSA) is 61.4 Å². The number of thioether (sulfide) groups is 2. The molecule has 6 heteroatoms. The first kappa shape index (κ1) is 13.2. The Kier molecular flexibility index (Phi) is 5.81. The first-order chi connectivity index (χ1) is 7.19. The molecule has 1 fully saturated rings. The van der Waals surface area contributed by atoms with Crippen LogP contribution in [0.4, 0.5) is 0 Å². The van der Waals surface area contributed by atoms with Crippen LogP contribution in [-0.4, -0.2) is 52.8 Å². The van der Waals surface area contributed by atoms with Crippen LogP contribution in [0.15, 0.2) is 0 Å². The van der Waals surface area contributed by atoms with E-state index in [2.05, 4.69) is 10.6 Å². The van der Waals surface area contributed by atoms with Crippen LogP contribution in [0, 0.1) is 0 Å². The number of amides is 1. The third-order valence-corrected chi connectivity index (χ3v) is 4.55. The lowest BCUT2D eigenvalue weighted by Gasteiger charge is -2.22. The molecule has 1 heterocycles. The highest BCUT2D eigenvalue weighted by Gasteiger charge is 2.25. The molecule has 1 aliphatic rings. The maximum atomic E-state index is 11.7. The monoisotopic (exact) mass is 250 g/mol. The van der Waals surface area contributed by atoms with Crippen LogP contribution in [0.2, 0.25) is 0 Å². The predicted molar refractivity (Wildman–Crippen MR) is 66.2 cm³/mol. The largest absolute Gasteiger partial charge is 0.395 e. The molecule has 4 nitrogen and oxygen atoms in total. The Morgan fingerprint density at radius 3 is 3.00 bits per heavy atom. The Bertz CT molecular complexity index is 206. The fourth-order valence-corrected chi connectivity index (χ4v) is 2.99. The molecule has 0 saturated carbocycles. The molecule has 0 aromatic heterocycles. The van der Waals surface area contributed by atoms with Gasteiger partial charge in [0, 0.05) is 22.9 Å². The van der Waals surface area contributed by atoms with E-state index in [0.717, 1.165) is 11.6 Å². The van der Waals surface area contributed by atoms with Crippen molar-refractivity contribution in [3.63, 3.8) is 0 Å². The molecule has 1 aliphatic heterocycles. The van der Waals surface area contributed by atoms with E-state index in [9.17, 15) is 4.79 Å². The summed E-state index contributed by atoms with van der Waals surface area (Å²) in [6.07, 6.45) is 1.94. The summed E-state index contributed by atoms with van der Waals surface area (Å²) in [5.41, 5.74) is 0. The molecule has 1 amide bonds. The Morgan fingerprint density at radius 2 is 2.53 bits per heavy atom. The summed E-state index contributed by atoms with van der Waals surface area (Å²) in [4.78, 5) is 11.7. The summed E-state index contributed by atoms with van der Waals surface area (Å²) in [7, 11) is 0. The summed E-state index contributed by atoms with van der Waals surface area (Å²) in [5, 5.41) is 15.2. The Balaban J connectivity index is 2.35. The van der Waals surface area contributed by atoms with Gasteiger partial charge in [0.15, 0.2) is 0 Å². The number of nitrogens with one attached hydrogen (secondary N) is 2. The van der Waals surface area contributed by atoms with Gasteiger partial charge >= 0.3 is 0 Å². The van der Waals surface area contributed by atoms with Gasteiger partial charge in [-0.15, -0.1) is 11.8 Å².